The van der Waals surface area contributed by atoms with Crippen LogP contribution in [-0.4, -0.2) is 23.8 Å². The van der Waals surface area contributed by atoms with Crippen LogP contribution in [0.25, 0.3) is 0 Å². The molecule has 1 aliphatic rings. The number of aliphatic hydroxyl groups is 1. The minimum Gasteiger partial charge on any atom is -0.465 e. The van der Waals surface area contributed by atoms with E-state index in [0.29, 0.717) is 19.4 Å². The molecular formula is C17H28O3. The quantitative estimate of drug-likeness (QED) is 0.597. The van der Waals surface area contributed by atoms with Crippen molar-refractivity contribution in [3.8, 4) is 0 Å². The van der Waals surface area contributed by atoms with Gasteiger partial charge in [-0.25, -0.2) is 0 Å². The van der Waals surface area contributed by atoms with Gasteiger partial charge in [0, 0.05) is 5.92 Å². The third-order valence-electron chi connectivity index (χ3n) is 4.31. The fourth-order valence-corrected chi connectivity index (χ4v) is 3.11. The molecule has 0 bridgehead atoms. The number of esters is 1. The summed E-state index contributed by atoms with van der Waals surface area (Å²) in [7, 11) is 0. The van der Waals surface area contributed by atoms with Crippen molar-refractivity contribution in [1.82, 2.24) is 0 Å². The average molecular weight is 280 g/mol. The van der Waals surface area contributed by atoms with Gasteiger partial charge < -0.3 is 9.84 Å². The second kappa shape index (κ2) is 7.07. The highest BCUT2D eigenvalue weighted by atomic mass is 16.5. The van der Waals surface area contributed by atoms with Crippen LogP contribution in [0, 0.1) is 11.3 Å². The van der Waals surface area contributed by atoms with Gasteiger partial charge in [-0.05, 0) is 53.4 Å². The lowest BCUT2D eigenvalue weighted by Crippen LogP contribution is -2.42. The van der Waals surface area contributed by atoms with Gasteiger partial charge in [-0.1, -0.05) is 23.8 Å². The number of carbonyl (C=O) groups excluding carboxylic acids is 1. The van der Waals surface area contributed by atoms with Crippen molar-refractivity contribution in [2.45, 2.75) is 59.5 Å². The summed E-state index contributed by atoms with van der Waals surface area (Å²) >= 11 is 0. The molecule has 1 N–H and O–H groups in total. The van der Waals surface area contributed by atoms with Crippen molar-refractivity contribution in [3.63, 3.8) is 0 Å². The molecule has 0 unspecified atom stereocenters. The van der Waals surface area contributed by atoms with Crippen LogP contribution in [0.3, 0.4) is 0 Å². The molecule has 3 heteroatoms. The van der Waals surface area contributed by atoms with Gasteiger partial charge in [0.15, 0.2) is 0 Å². The Morgan fingerprint density at radius 1 is 1.45 bits per heavy atom. The van der Waals surface area contributed by atoms with Crippen molar-refractivity contribution in [1.29, 1.82) is 0 Å². The lowest BCUT2D eigenvalue weighted by molar-refractivity contribution is -0.162. The van der Waals surface area contributed by atoms with Crippen LogP contribution in [0.1, 0.15) is 53.4 Å². The molecule has 0 heterocycles. The average Bonchev–Trinajstić information content (AvgIpc) is 2.68. The predicted molar refractivity (Wildman–Crippen MR) is 81.3 cm³/mol. The Labute approximate surface area is 122 Å². The van der Waals surface area contributed by atoms with Crippen LogP contribution in [-0.2, 0) is 9.53 Å². The molecule has 0 aromatic rings. The van der Waals surface area contributed by atoms with Crippen molar-refractivity contribution < 1.29 is 14.6 Å². The van der Waals surface area contributed by atoms with Crippen molar-refractivity contribution in [2.24, 2.45) is 11.3 Å². The lowest BCUT2D eigenvalue weighted by atomic mass is 9.77. The first-order valence-electron chi connectivity index (χ1n) is 7.49. The number of ether oxygens (including phenoxy) is 1. The van der Waals surface area contributed by atoms with E-state index in [9.17, 15) is 9.90 Å². The maximum absolute atomic E-state index is 12.4. The number of rotatable bonds is 6. The first kappa shape index (κ1) is 17.0. The van der Waals surface area contributed by atoms with Gasteiger partial charge in [0.25, 0.3) is 0 Å². The van der Waals surface area contributed by atoms with Gasteiger partial charge in [0.1, 0.15) is 0 Å². The fourth-order valence-electron chi connectivity index (χ4n) is 3.11. The Bertz CT molecular complexity index is 393. The summed E-state index contributed by atoms with van der Waals surface area (Å²) in [5.74, 6) is -0.246. The van der Waals surface area contributed by atoms with Crippen molar-refractivity contribution >= 4 is 5.97 Å². The monoisotopic (exact) mass is 280 g/mol. The number of hydrogen-bond acceptors (Lipinski definition) is 3. The SMILES string of the molecule is C=C(C)[C@@H]1CC[C@@](CCC=C(C)C)(C(=O)OCC)[C@@H]1O. The highest BCUT2D eigenvalue weighted by Crippen LogP contribution is 2.48. The van der Waals surface area contributed by atoms with E-state index in [0.717, 1.165) is 18.4 Å². The molecule has 0 amide bonds. The van der Waals surface area contributed by atoms with Crippen molar-refractivity contribution in [3.05, 3.63) is 23.8 Å². The van der Waals surface area contributed by atoms with Gasteiger partial charge >= 0.3 is 5.97 Å². The second-order valence-corrected chi connectivity index (χ2v) is 6.13. The third kappa shape index (κ3) is 3.51. The molecule has 0 radical (unpaired) electrons. The molecule has 0 spiro atoms. The Hall–Kier alpha value is -1.09. The zero-order valence-electron chi connectivity index (χ0n) is 13.2. The molecular weight excluding hydrogens is 252 g/mol. The van der Waals surface area contributed by atoms with Crippen LogP contribution in [0.5, 0.6) is 0 Å². The van der Waals surface area contributed by atoms with E-state index < -0.39 is 11.5 Å². The summed E-state index contributed by atoms with van der Waals surface area (Å²) in [5.41, 5.74) is 1.42. The van der Waals surface area contributed by atoms with E-state index in [1.165, 1.54) is 5.57 Å². The van der Waals surface area contributed by atoms with Gasteiger partial charge in [-0.3, -0.25) is 4.79 Å². The minimum atomic E-state index is -0.758. The summed E-state index contributed by atoms with van der Waals surface area (Å²) in [6, 6.07) is 0. The van der Waals surface area contributed by atoms with Gasteiger partial charge in [0.2, 0.25) is 0 Å². The van der Waals surface area contributed by atoms with Gasteiger partial charge in [-0.2, -0.15) is 0 Å². The summed E-state index contributed by atoms with van der Waals surface area (Å²) < 4.78 is 5.24. The van der Waals surface area contributed by atoms with E-state index in [-0.39, 0.29) is 11.9 Å². The van der Waals surface area contributed by atoms with E-state index in [4.69, 9.17) is 4.74 Å². The number of allylic oxidation sites excluding steroid dienone is 2. The van der Waals surface area contributed by atoms with Gasteiger partial charge in [0.05, 0.1) is 18.1 Å². The Morgan fingerprint density at radius 2 is 2.10 bits per heavy atom. The summed E-state index contributed by atoms with van der Waals surface area (Å²) in [4.78, 5) is 12.4. The molecule has 3 nitrogen and oxygen atoms in total. The molecule has 1 aliphatic carbocycles. The summed E-state index contributed by atoms with van der Waals surface area (Å²) in [6.07, 6.45) is 4.36. The molecule has 3 atom stereocenters. The standard InChI is InChI=1S/C17H28O3/c1-6-20-16(19)17(10-7-8-12(2)3)11-9-14(13(4)5)15(17)18/h8,14-15,18H,4,6-7,9-11H2,1-3,5H3/t14-,15+,17+/m0/s1. The predicted octanol–water partition coefficient (Wildman–Crippen LogP) is 3.63. The van der Waals surface area contributed by atoms with Crippen LogP contribution in [0.2, 0.25) is 0 Å². The maximum Gasteiger partial charge on any atom is 0.314 e. The molecule has 1 rings (SSSR count). The molecule has 1 saturated carbocycles. The number of carbonyl (C=O) groups is 1. The second-order valence-electron chi connectivity index (χ2n) is 6.13. The van der Waals surface area contributed by atoms with Crippen LogP contribution < -0.4 is 0 Å². The van der Waals surface area contributed by atoms with E-state index >= 15 is 0 Å². The fraction of sp³-hybridized carbons (Fsp3) is 0.706. The minimum absolute atomic E-state index is 0.00566. The third-order valence-corrected chi connectivity index (χ3v) is 4.31. The zero-order chi connectivity index (χ0) is 15.3. The van der Waals surface area contributed by atoms with E-state index in [1.807, 2.05) is 20.8 Å². The Morgan fingerprint density at radius 3 is 2.55 bits per heavy atom. The highest BCUT2D eigenvalue weighted by Gasteiger charge is 2.53. The molecule has 0 aliphatic heterocycles. The molecule has 0 aromatic carbocycles. The van der Waals surface area contributed by atoms with Crippen LogP contribution >= 0.6 is 0 Å². The zero-order valence-corrected chi connectivity index (χ0v) is 13.2. The molecule has 0 aromatic heterocycles. The summed E-state index contributed by atoms with van der Waals surface area (Å²) in [5, 5.41) is 10.6. The smallest absolute Gasteiger partial charge is 0.314 e. The van der Waals surface area contributed by atoms with E-state index in [2.05, 4.69) is 12.7 Å². The van der Waals surface area contributed by atoms with E-state index in [1.54, 1.807) is 6.92 Å². The normalized spacial score (nSPS) is 29.1. The van der Waals surface area contributed by atoms with Crippen molar-refractivity contribution in [2.75, 3.05) is 6.61 Å². The largest absolute Gasteiger partial charge is 0.465 e. The number of aliphatic hydroxyl groups excluding tert-OH is 1. The first-order valence-corrected chi connectivity index (χ1v) is 7.49. The van der Waals surface area contributed by atoms with Crippen LogP contribution in [0.15, 0.2) is 23.8 Å². The van der Waals surface area contributed by atoms with Crippen LogP contribution in [0.4, 0.5) is 0 Å². The molecule has 20 heavy (non-hydrogen) atoms. The maximum atomic E-state index is 12.4. The summed E-state index contributed by atoms with van der Waals surface area (Å²) in [6.45, 7) is 12.1. The first-order chi connectivity index (χ1) is 9.35. The van der Waals surface area contributed by atoms with Gasteiger partial charge in [-0.15, -0.1) is 0 Å². The number of hydrogen-bond donors (Lipinski definition) is 1. The topological polar surface area (TPSA) is 46.5 Å². The molecule has 114 valence electrons. The Kier molecular flexibility index (Phi) is 6.00. The Balaban J connectivity index is 2.94. The molecule has 0 saturated heterocycles. The molecule has 1 fully saturated rings. The highest BCUT2D eigenvalue weighted by molar-refractivity contribution is 5.78. The lowest BCUT2D eigenvalue weighted by Gasteiger charge is -2.32.